The monoisotopic (exact) mass is 319 g/mol. The molecule has 0 unspecified atom stereocenters. The summed E-state index contributed by atoms with van der Waals surface area (Å²) in [7, 11) is 3.02. The number of ether oxygens (including phenoxy) is 1. The van der Waals surface area contributed by atoms with Crippen molar-refractivity contribution in [2.75, 3.05) is 20.7 Å². The molecule has 1 aromatic heterocycles. The summed E-state index contributed by atoms with van der Waals surface area (Å²) in [5.41, 5.74) is 0.773. The van der Waals surface area contributed by atoms with Crippen LogP contribution in [0, 0.1) is 0 Å². The fourth-order valence-electron chi connectivity index (χ4n) is 1.91. The van der Waals surface area contributed by atoms with Gasteiger partial charge in [-0.3, -0.25) is 9.59 Å². The zero-order chi connectivity index (χ0) is 16.8. The van der Waals surface area contributed by atoms with Crippen molar-refractivity contribution in [2.24, 2.45) is 0 Å². The van der Waals surface area contributed by atoms with Gasteiger partial charge in [0.15, 0.2) is 0 Å². The minimum Gasteiger partial charge on any atom is -0.497 e. The van der Waals surface area contributed by atoms with Crippen LogP contribution in [-0.2, 0) is 16.0 Å². The first-order chi connectivity index (χ1) is 11.0. The lowest BCUT2D eigenvalue weighted by Gasteiger charge is -2.13. The number of carbonyl (C=O) groups excluding carboxylic acids is 1. The summed E-state index contributed by atoms with van der Waals surface area (Å²) in [6.07, 6.45) is 0.361. The van der Waals surface area contributed by atoms with Gasteiger partial charge in [-0.05, 0) is 24.3 Å². The van der Waals surface area contributed by atoms with Gasteiger partial charge in [0.05, 0.1) is 7.11 Å². The summed E-state index contributed by atoms with van der Waals surface area (Å²) < 4.78 is 10.2. The highest BCUT2D eigenvalue weighted by atomic mass is 16.5. The van der Waals surface area contributed by atoms with Crippen LogP contribution in [0.15, 0.2) is 28.8 Å². The molecule has 0 bridgehead atoms. The molecule has 23 heavy (non-hydrogen) atoms. The molecule has 2 aromatic rings. The Labute approximate surface area is 132 Å². The predicted molar refractivity (Wildman–Crippen MR) is 79.9 cm³/mol. The molecule has 1 heterocycles. The number of hydrogen-bond acceptors (Lipinski definition) is 6. The lowest BCUT2D eigenvalue weighted by Crippen LogP contribution is -2.32. The van der Waals surface area contributed by atoms with E-state index in [9.17, 15) is 9.59 Å². The van der Waals surface area contributed by atoms with E-state index in [0.29, 0.717) is 11.7 Å². The highest BCUT2D eigenvalue weighted by Gasteiger charge is 2.15. The van der Waals surface area contributed by atoms with Crippen LogP contribution in [0.4, 0.5) is 0 Å². The first kappa shape index (κ1) is 16.5. The third kappa shape index (κ3) is 4.53. The van der Waals surface area contributed by atoms with Crippen molar-refractivity contribution in [2.45, 2.75) is 12.8 Å². The zero-order valence-corrected chi connectivity index (χ0v) is 12.9. The lowest BCUT2D eigenvalue weighted by molar-refractivity contribution is -0.143. The van der Waals surface area contributed by atoms with Crippen molar-refractivity contribution in [3.8, 4) is 17.1 Å². The molecule has 0 fully saturated rings. The number of carboxylic acid groups (broad SMARTS) is 1. The Kier molecular flexibility index (Phi) is 5.29. The normalized spacial score (nSPS) is 10.3. The highest BCUT2D eigenvalue weighted by Crippen LogP contribution is 2.20. The highest BCUT2D eigenvalue weighted by molar-refractivity contribution is 5.81. The van der Waals surface area contributed by atoms with Crippen molar-refractivity contribution in [1.82, 2.24) is 15.0 Å². The number of amides is 1. The molecule has 8 nitrogen and oxygen atoms in total. The first-order valence-corrected chi connectivity index (χ1v) is 6.92. The number of benzene rings is 1. The van der Waals surface area contributed by atoms with E-state index in [1.807, 2.05) is 0 Å². The van der Waals surface area contributed by atoms with Gasteiger partial charge >= 0.3 is 5.97 Å². The smallest absolute Gasteiger partial charge is 0.323 e. The quantitative estimate of drug-likeness (QED) is 0.817. The number of carbonyl (C=O) groups is 2. The van der Waals surface area contributed by atoms with Crippen LogP contribution in [0.1, 0.15) is 12.3 Å². The molecule has 2 rings (SSSR count). The molecule has 0 aliphatic carbocycles. The Morgan fingerprint density at radius 3 is 2.61 bits per heavy atom. The molecule has 0 saturated heterocycles. The molecule has 0 aliphatic heterocycles. The fraction of sp³-hybridized carbons (Fsp3) is 0.333. The maximum Gasteiger partial charge on any atom is 0.323 e. The van der Waals surface area contributed by atoms with E-state index >= 15 is 0 Å². The topological polar surface area (TPSA) is 106 Å². The van der Waals surface area contributed by atoms with Crippen LogP contribution in [-0.4, -0.2) is 52.7 Å². The minimum absolute atomic E-state index is 0.105. The number of aliphatic carboxylic acids is 1. The van der Waals surface area contributed by atoms with E-state index < -0.39 is 5.97 Å². The third-order valence-corrected chi connectivity index (χ3v) is 3.17. The number of hydrogen-bond donors (Lipinski definition) is 1. The van der Waals surface area contributed by atoms with Crippen LogP contribution >= 0.6 is 0 Å². The Bertz CT molecular complexity index is 681. The number of nitrogens with zero attached hydrogens (tertiary/aromatic N) is 3. The van der Waals surface area contributed by atoms with Gasteiger partial charge in [0, 0.05) is 25.5 Å². The summed E-state index contributed by atoms with van der Waals surface area (Å²) in [5.74, 6) is 0.128. The average Bonchev–Trinajstić information content (AvgIpc) is 3.01. The van der Waals surface area contributed by atoms with Gasteiger partial charge in [-0.25, -0.2) is 0 Å². The van der Waals surface area contributed by atoms with E-state index in [2.05, 4.69) is 10.1 Å². The Morgan fingerprint density at radius 2 is 2.00 bits per heavy atom. The molecule has 1 N–H and O–H groups in total. The molecule has 8 heteroatoms. The number of aryl methyl sites for hydroxylation is 1. The second-order valence-electron chi connectivity index (χ2n) is 4.88. The summed E-state index contributed by atoms with van der Waals surface area (Å²) in [4.78, 5) is 27.7. The van der Waals surface area contributed by atoms with E-state index in [-0.39, 0.29) is 25.3 Å². The zero-order valence-electron chi connectivity index (χ0n) is 12.9. The molecule has 0 saturated carbocycles. The van der Waals surface area contributed by atoms with Crippen LogP contribution in [0.3, 0.4) is 0 Å². The van der Waals surface area contributed by atoms with Gasteiger partial charge in [0.1, 0.15) is 12.3 Å². The van der Waals surface area contributed by atoms with E-state index in [1.54, 1.807) is 31.4 Å². The van der Waals surface area contributed by atoms with Gasteiger partial charge < -0.3 is 19.3 Å². The first-order valence-electron chi connectivity index (χ1n) is 6.92. The van der Waals surface area contributed by atoms with Crippen molar-refractivity contribution in [1.29, 1.82) is 0 Å². The number of carboxylic acids is 1. The maximum atomic E-state index is 11.8. The molecule has 1 aromatic carbocycles. The fourth-order valence-corrected chi connectivity index (χ4v) is 1.91. The Morgan fingerprint density at radius 1 is 1.30 bits per heavy atom. The van der Waals surface area contributed by atoms with Crippen LogP contribution in [0.2, 0.25) is 0 Å². The summed E-state index contributed by atoms with van der Waals surface area (Å²) in [6, 6.07) is 7.18. The number of likely N-dealkylation sites (N-methyl/N-ethyl adjacent to an activating group) is 1. The molecule has 1 amide bonds. The summed E-state index contributed by atoms with van der Waals surface area (Å²) >= 11 is 0. The van der Waals surface area contributed by atoms with Crippen LogP contribution in [0.25, 0.3) is 11.4 Å². The van der Waals surface area contributed by atoms with Crippen LogP contribution in [0.5, 0.6) is 5.75 Å². The molecule has 122 valence electrons. The van der Waals surface area contributed by atoms with Crippen molar-refractivity contribution in [3.63, 3.8) is 0 Å². The van der Waals surface area contributed by atoms with Crippen molar-refractivity contribution in [3.05, 3.63) is 30.2 Å². The minimum atomic E-state index is -1.06. The maximum absolute atomic E-state index is 11.8. The van der Waals surface area contributed by atoms with Crippen LogP contribution < -0.4 is 4.74 Å². The standard InChI is InChI=1S/C15H17N3O5/c1-18(9-14(20)21)13(19)8-7-12-16-15(17-23-12)10-3-5-11(22-2)6-4-10/h3-6H,7-9H2,1-2H3,(H,20,21). The van der Waals surface area contributed by atoms with E-state index in [4.69, 9.17) is 14.4 Å². The van der Waals surface area contributed by atoms with Gasteiger partial charge in [-0.2, -0.15) is 4.98 Å². The second-order valence-corrected chi connectivity index (χ2v) is 4.88. The van der Waals surface area contributed by atoms with E-state index in [0.717, 1.165) is 16.2 Å². The summed E-state index contributed by atoms with van der Waals surface area (Å²) in [5, 5.41) is 12.5. The average molecular weight is 319 g/mol. The Balaban J connectivity index is 1.94. The molecular formula is C15H17N3O5. The molecular weight excluding hydrogens is 302 g/mol. The lowest BCUT2D eigenvalue weighted by atomic mass is 10.2. The third-order valence-electron chi connectivity index (χ3n) is 3.17. The van der Waals surface area contributed by atoms with Crippen molar-refractivity contribution >= 4 is 11.9 Å². The second kappa shape index (κ2) is 7.39. The van der Waals surface area contributed by atoms with Gasteiger partial charge in [0.2, 0.25) is 17.6 Å². The van der Waals surface area contributed by atoms with Crippen molar-refractivity contribution < 1.29 is 24.0 Å². The molecule has 0 spiro atoms. The SMILES string of the molecule is COc1ccc(-c2noc(CCC(=O)N(C)CC(=O)O)n2)cc1. The molecule has 0 radical (unpaired) electrons. The Hall–Kier alpha value is -2.90. The number of rotatable bonds is 7. The molecule has 0 aliphatic rings. The van der Waals surface area contributed by atoms with Gasteiger partial charge in [0.25, 0.3) is 0 Å². The van der Waals surface area contributed by atoms with E-state index in [1.165, 1.54) is 7.05 Å². The summed E-state index contributed by atoms with van der Waals surface area (Å²) in [6.45, 7) is -0.334. The van der Waals surface area contributed by atoms with Gasteiger partial charge in [-0.15, -0.1) is 0 Å². The largest absolute Gasteiger partial charge is 0.497 e. The number of methoxy groups -OCH3 is 1. The van der Waals surface area contributed by atoms with Gasteiger partial charge in [-0.1, -0.05) is 5.16 Å². The molecule has 0 atom stereocenters. The number of aromatic nitrogens is 2. The predicted octanol–water partition coefficient (Wildman–Crippen LogP) is 1.22.